The first-order valence-electron chi connectivity index (χ1n) is 7.38. The first-order valence-corrected chi connectivity index (χ1v) is 8.26. The second kappa shape index (κ2) is 5.70. The molecular weight excluding hydrogens is 280 g/mol. The topological polar surface area (TPSA) is 56.0 Å². The predicted octanol–water partition coefficient (Wildman–Crippen LogP) is 3.44. The third-order valence-electron chi connectivity index (χ3n) is 4.60. The fourth-order valence-electron chi connectivity index (χ4n) is 3.01. The molecule has 0 bridgehead atoms. The van der Waals surface area contributed by atoms with E-state index in [1.54, 1.807) is 11.3 Å². The van der Waals surface area contributed by atoms with Crippen molar-refractivity contribution in [1.82, 2.24) is 4.98 Å². The van der Waals surface area contributed by atoms with Gasteiger partial charge in [0.25, 0.3) is 0 Å². The van der Waals surface area contributed by atoms with Crippen molar-refractivity contribution >= 4 is 17.1 Å². The Kier molecular flexibility index (Phi) is 3.91. The molecule has 0 saturated heterocycles. The molecule has 3 nitrogen and oxygen atoms in total. The zero-order chi connectivity index (χ0) is 14.9. The number of hydrogen-bond acceptors (Lipinski definition) is 4. The molecule has 0 amide bonds. The van der Waals surface area contributed by atoms with Crippen molar-refractivity contribution in [2.45, 2.75) is 38.6 Å². The molecule has 2 unspecified atom stereocenters. The molecule has 4 heteroatoms. The van der Waals surface area contributed by atoms with Crippen molar-refractivity contribution in [3.63, 3.8) is 0 Å². The minimum atomic E-state index is -0.363. The maximum atomic E-state index is 12.6. The maximum absolute atomic E-state index is 12.6. The van der Waals surface area contributed by atoms with Crippen LogP contribution in [0.3, 0.4) is 0 Å². The van der Waals surface area contributed by atoms with Crippen LogP contribution >= 0.6 is 11.3 Å². The van der Waals surface area contributed by atoms with Crippen LogP contribution < -0.4 is 5.73 Å². The average molecular weight is 300 g/mol. The Morgan fingerprint density at radius 3 is 2.86 bits per heavy atom. The third-order valence-corrected chi connectivity index (χ3v) is 5.45. The molecule has 1 aliphatic carbocycles. The lowest BCUT2D eigenvalue weighted by molar-refractivity contribution is -0.127. The number of thiazole rings is 1. The Labute approximate surface area is 129 Å². The highest BCUT2D eigenvalue weighted by Gasteiger charge is 2.42. The lowest BCUT2D eigenvalue weighted by Gasteiger charge is -2.26. The summed E-state index contributed by atoms with van der Waals surface area (Å²) in [5, 5.41) is 2.91. The monoisotopic (exact) mass is 300 g/mol. The number of carbonyl (C=O) groups excluding carboxylic acids is 1. The zero-order valence-corrected chi connectivity index (χ0v) is 13.0. The van der Waals surface area contributed by atoms with Gasteiger partial charge in [-0.2, -0.15) is 0 Å². The standard InChI is InChI=1S/C17H20N2OS/c1-17(9-5-8-14(17)18)15(20)10-16-19-13(11-21-16)12-6-3-2-4-7-12/h2-4,6-7,11,14H,5,8-10,18H2,1H3. The predicted molar refractivity (Wildman–Crippen MR) is 86.2 cm³/mol. The van der Waals surface area contributed by atoms with Gasteiger partial charge >= 0.3 is 0 Å². The first kappa shape index (κ1) is 14.4. The number of benzene rings is 1. The Hall–Kier alpha value is -1.52. The van der Waals surface area contributed by atoms with E-state index in [2.05, 4.69) is 4.98 Å². The normalized spacial score (nSPS) is 25.1. The van der Waals surface area contributed by atoms with Crippen LogP contribution in [0.4, 0.5) is 0 Å². The summed E-state index contributed by atoms with van der Waals surface area (Å²) < 4.78 is 0. The van der Waals surface area contributed by atoms with Gasteiger partial charge in [-0.05, 0) is 12.8 Å². The fourth-order valence-corrected chi connectivity index (χ4v) is 3.81. The van der Waals surface area contributed by atoms with Crippen LogP contribution in [0.5, 0.6) is 0 Å². The molecule has 1 saturated carbocycles. The van der Waals surface area contributed by atoms with Gasteiger partial charge in [0.2, 0.25) is 0 Å². The van der Waals surface area contributed by atoms with Crippen LogP contribution in [0, 0.1) is 5.41 Å². The number of nitrogens with two attached hydrogens (primary N) is 1. The van der Waals surface area contributed by atoms with Crippen LogP contribution in [0.25, 0.3) is 11.3 Å². The van der Waals surface area contributed by atoms with Crippen LogP contribution in [-0.2, 0) is 11.2 Å². The molecule has 0 aliphatic heterocycles. The lowest BCUT2D eigenvalue weighted by atomic mass is 9.79. The first-order chi connectivity index (χ1) is 10.1. The minimum absolute atomic E-state index is 0.00134. The summed E-state index contributed by atoms with van der Waals surface area (Å²) in [6.45, 7) is 2.01. The largest absolute Gasteiger partial charge is 0.327 e. The number of aromatic nitrogens is 1. The van der Waals surface area contributed by atoms with E-state index in [0.717, 1.165) is 35.5 Å². The van der Waals surface area contributed by atoms with Gasteiger partial charge in [-0.15, -0.1) is 11.3 Å². The molecule has 1 aromatic heterocycles. The van der Waals surface area contributed by atoms with Crippen LogP contribution in [-0.4, -0.2) is 16.8 Å². The number of ketones is 1. The molecular formula is C17H20N2OS. The molecule has 2 atom stereocenters. The van der Waals surface area contributed by atoms with Crippen LogP contribution in [0.15, 0.2) is 35.7 Å². The second-order valence-electron chi connectivity index (χ2n) is 6.01. The van der Waals surface area contributed by atoms with Crippen molar-refractivity contribution in [1.29, 1.82) is 0 Å². The molecule has 2 N–H and O–H groups in total. The molecule has 0 spiro atoms. The van der Waals surface area contributed by atoms with Gasteiger partial charge in [0.05, 0.1) is 12.1 Å². The number of nitrogens with zero attached hydrogens (tertiary/aromatic N) is 1. The van der Waals surface area contributed by atoms with Crippen molar-refractivity contribution in [2.75, 3.05) is 0 Å². The summed E-state index contributed by atoms with van der Waals surface area (Å²) in [6.07, 6.45) is 3.32. The lowest BCUT2D eigenvalue weighted by Crippen LogP contribution is -2.41. The van der Waals surface area contributed by atoms with Gasteiger partial charge in [0.15, 0.2) is 0 Å². The zero-order valence-electron chi connectivity index (χ0n) is 12.2. The van der Waals surface area contributed by atoms with Gasteiger partial charge < -0.3 is 5.73 Å². The molecule has 3 rings (SSSR count). The molecule has 1 aromatic carbocycles. The van der Waals surface area contributed by atoms with E-state index >= 15 is 0 Å². The number of hydrogen-bond donors (Lipinski definition) is 1. The highest BCUT2D eigenvalue weighted by atomic mass is 32.1. The molecule has 21 heavy (non-hydrogen) atoms. The maximum Gasteiger partial charge on any atom is 0.147 e. The Balaban J connectivity index is 1.75. The van der Waals surface area contributed by atoms with E-state index in [9.17, 15) is 4.79 Å². The minimum Gasteiger partial charge on any atom is -0.327 e. The van der Waals surface area contributed by atoms with Crippen molar-refractivity contribution < 1.29 is 4.79 Å². The summed E-state index contributed by atoms with van der Waals surface area (Å²) in [5.41, 5.74) is 7.81. The summed E-state index contributed by atoms with van der Waals surface area (Å²) in [6, 6.07) is 10.1. The highest BCUT2D eigenvalue weighted by molar-refractivity contribution is 7.10. The second-order valence-corrected chi connectivity index (χ2v) is 6.95. The van der Waals surface area contributed by atoms with E-state index in [1.807, 2.05) is 42.6 Å². The third kappa shape index (κ3) is 2.78. The van der Waals surface area contributed by atoms with Crippen molar-refractivity contribution in [2.24, 2.45) is 11.1 Å². The Morgan fingerprint density at radius 1 is 1.43 bits per heavy atom. The average Bonchev–Trinajstić information content (AvgIpc) is 3.09. The Bertz CT molecular complexity index is 637. The van der Waals surface area contributed by atoms with Gasteiger partial charge in [-0.3, -0.25) is 4.79 Å². The number of Topliss-reactive ketones (excluding diaryl/α,β-unsaturated/α-hetero) is 1. The quantitative estimate of drug-likeness (QED) is 0.941. The van der Waals surface area contributed by atoms with Crippen molar-refractivity contribution in [3.05, 3.63) is 40.7 Å². The summed E-state index contributed by atoms with van der Waals surface area (Å²) in [4.78, 5) is 17.2. The van der Waals surface area contributed by atoms with Gasteiger partial charge in [-0.1, -0.05) is 43.7 Å². The summed E-state index contributed by atoms with van der Waals surface area (Å²) in [7, 11) is 0. The molecule has 1 heterocycles. The summed E-state index contributed by atoms with van der Waals surface area (Å²) in [5.74, 6) is 0.237. The van der Waals surface area contributed by atoms with Gasteiger partial charge in [0.1, 0.15) is 10.8 Å². The number of rotatable bonds is 4. The van der Waals surface area contributed by atoms with Gasteiger partial charge in [-0.25, -0.2) is 4.98 Å². The Morgan fingerprint density at radius 2 is 2.19 bits per heavy atom. The molecule has 0 radical (unpaired) electrons. The molecule has 1 aliphatic rings. The smallest absolute Gasteiger partial charge is 0.147 e. The van der Waals surface area contributed by atoms with Crippen molar-refractivity contribution in [3.8, 4) is 11.3 Å². The van der Waals surface area contributed by atoms with E-state index in [4.69, 9.17) is 5.73 Å². The van der Waals surface area contributed by atoms with E-state index in [-0.39, 0.29) is 17.2 Å². The summed E-state index contributed by atoms with van der Waals surface area (Å²) >= 11 is 1.56. The van der Waals surface area contributed by atoms with E-state index in [0.29, 0.717) is 6.42 Å². The van der Waals surface area contributed by atoms with Crippen LogP contribution in [0.2, 0.25) is 0 Å². The molecule has 1 fully saturated rings. The van der Waals surface area contributed by atoms with E-state index < -0.39 is 0 Å². The van der Waals surface area contributed by atoms with E-state index in [1.165, 1.54) is 0 Å². The fraction of sp³-hybridized carbons (Fsp3) is 0.412. The SMILES string of the molecule is CC1(C(=O)Cc2nc(-c3ccccc3)cs2)CCCC1N. The highest BCUT2D eigenvalue weighted by Crippen LogP contribution is 2.38. The van der Waals surface area contributed by atoms with Crippen LogP contribution in [0.1, 0.15) is 31.2 Å². The molecule has 110 valence electrons. The number of carbonyl (C=O) groups is 1. The van der Waals surface area contributed by atoms with Gasteiger partial charge in [0, 0.05) is 22.4 Å². The molecule has 2 aromatic rings.